The minimum atomic E-state index is 0. The molecule has 80 valence electrons. The molecule has 0 radical (unpaired) electrons. The van der Waals surface area contributed by atoms with Gasteiger partial charge in [0.25, 0.3) is 0 Å². The molecule has 0 saturated heterocycles. The number of aromatic hydroxyl groups is 1. The van der Waals surface area contributed by atoms with E-state index in [0.29, 0.717) is 12.2 Å². The van der Waals surface area contributed by atoms with Gasteiger partial charge in [0, 0.05) is 6.07 Å². The third-order valence-electron chi connectivity index (χ3n) is 1.79. The second-order valence-corrected chi connectivity index (χ2v) is 2.94. The van der Waals surface area contributed by atoms with Gasteiger partial charge in [-0.3, -0.25) is 4.99 Å². The number of hydrogen-bond acceptors (Lipinski definition) is 2. The quantitative estimate of drug-likeness (QED) is 0.569. The Labute approximate surface area is 83.4 Å². The van der Waals surface area contributed by atoms with Crippen LogP contribution in [0.2, 0.25) is 0 Å². The molecule has 4 heteroatoms. The average molecular weight is 436 g/mol. The van der Waals surface area contributed by atoms with E-state index in [1.165, 1.54) is 0 Å². The summed E-state index contributed by atoms with van der Waals surface area (Å²) in [6.45, 7) is 11.4. The Kier molecular flexibility index (Phi) is 4.01. The van der Waals surface area contributed by atoms with Crippen LogP contribution >= 0.6 is 0 Å². The first-order valence-corrected chi connectivity index (χ1v) is 4.15. The van der Waals surface area contributed by atoms with Gasteiger partial charge in [0.05, 0.1) is 11.8 Å². The van der Waals surface area contributed by atoms with E-state index in [1.807, 2.05) is 6.07 Å². The summed E-state index contributed by atoms with van der Waals surface area (Å²) in [5.74, 6) is 0.216. The minimum absolute atomic E-state index is 0. The van der Waals surface area contributed by atoms with Crippen LogP contribution in [0.5, 0.6) is 5.75 Å². The van der Waals surface area contributed by atoms with E-state index in [9.17, 15) is 5.11 Å². The van der Waals surface area contributed by atoms with Gasteiger partial charge < -0.3 is 5.11 Å². The molecule has 1 aromatic carbocycles. The van der Waals surface area contributed by atoms with Gasteiger partial charge in [-0.15, -0.1) is 0 Å². The standard InChI is InChI=1S/C11H12N2O.Cm/c1-9(12-2)8-13(3)10-5-4-6-11(14)7-10;/h4-7H,1-3,8H2;/p+1. The molecule has 3 nitrogen and oxygen atoms in total. The van der Waals surface area contributed by atoms with Crippen molar-refractivity contribution >= 4 is 19.1 Å². The first-order valence-electron chi connectivity index (χ1n) is 4.15. The van der Waals surface area contributed by atoms with E-state index in [-0.39, 0.29) is 5.75 Å². The Morgan fingerprint density at radius 2 is 2.13 bits per heavy atom. The van der Waals surface area contributed by atoms with E-state index < -0.39 is 0 Å². The van der Waals surface area contributed by atoms with Gasteiger partial charge in [-0.2, -0.15) is 4.58 Å². The number of phenols is 1. The van der Waals surface area contributed by atoms with E-state index >= 15 is 0 Å². The predicted molar refractivity (Wildman–Crippen MR) is 58.7 cm³/mol. The number of phenolic OH excluding ortho intramolecular Hbond substituents is 1. The smallest absolute Gasteiger partial charge is 0.208 e. The number of aliphatic imine (C=N–C) groups is 1. The summed E-state index contributed by atoms with van der Waals surface area (Å²) in [7, 11) is 0. The topological polar surface area (TPSA) is 35.6 Å². The van der Waals surface area contributed by atoms with Crippen molar-refractivity contribution in [2.45, 2.75) is 0 Å². The van der Waals surface area contributed by atoms with Gasteiger partial charge in [-0.25, -0.2) is 0 Å². The van der Waals surface area contributed by atoms with Crippen molar-refractivity contribution in [2.24, 2.45) is 4.99 Å². The third-order valence-corrected chi connectivity index (χ3v) is 1.79. The van der Waals surface area contributed by atoms with Crippen molar-refractivity contribution in [3.8, 4) is 5.75 Å². The molecule has 0 spiro atoms. The van der Waals surface area contributed by atoms with Crippen LogP contribution in [0.3, 0.4) is 0 Å². The molecule has 0 aromatic heterocycles. The molecule has 0 aliphatic rings. The molecule has 0 bridgehead atoms. The fourth-order valence-electron chi connectivity index (χ4n) is 1.05. The molecule has 0 saturated carbocycles. The summed E-state index contributed by atoms with van der Waals surface area (Å²) < 4.78 is 1.69. The molecular formula is C11H13CmN2O+. The molecule has 0 heterocycles. The SMILES string of the molecule is C=NC(=C)C[N+](=C)c1cccc(O)c1.[Cm]. The van der Waals surface area contributed by atoms with Crippen LogP contribution in [0.25, 0.3) is 0 Å². The van der Waals surface area contributed by atoms with Crippen LogP contribution in [0.15, 0.2) is 41.5 Å². The van der Waals surface area contributed by atoms with Gasteiger partial charge in [0.1, 0.15) is 12.5 Å². The van der Waals surface area contributed by atoms with Crippen LogP contribution in [0.4, 0.5) is 5.69 Å². The molecule has 1 aromatic rings. The maximum absolute atomic E-state index is 9.24. The molecule has 0 aliphatic carbocycles. The zero-order valence-corrected chi connectivity index (χ0v) is 11.3. The molecule has 1 N–H and O–H groups in total. The average Bonchev–Trinajstić information content (AvgIpc) is 2.17. The van der Waals surface area contributed by atoms with Gasteiger partial charge in [-0.05, 0) is 12.8 Å². The zero-order chi connectivity index (χ0) is 10.6. The Hall–Kier alpha value is -2.90. The summed E-state index contributed by atoms with van der Waals surface area (Å²) >= 11 is 0. The first kappa shape index (κ1) is 12.1. The Morgan fingerprint density at radius 1 is 1.47 bits per heavy atom. The fourth-order valence-corrected chi connectivity index (χ4v) is 1.05. The maximum Gasteiger partial charge on any atom is 0.208 e. The second-order valence-electron chi connectivity index (χ2n) is 2.94. The van der Waals surface area contributed by atoms with E-state index in [4.69, 9.17) is 0 Å². The summed E-state index contributed by atoms with van der Waals surface area (Å²) in [6, 6.07) is 6.84. The molecule has 15 heavy (non-hydrogen) atoms. The number of rotatable bonds is 4. The summed E-state index contributed by atoms with van der Waals surface area (Å²) in [5.41, 5.74) is 1.46. The van der Waals surface area contributed by atoms with Crippen molar-refractivity contribution in [2.75, 3.05) is 6.54 Å². The number of benzene rings is 1. The van der Waals surface area contributed by atoms with Crippen LogP contribution in [0.1, 0.15) is 0 Å². The molecular weight excluding hydrogens is 423 g/mol. The maximum atomic E-state index is 9.24. The number of nitrogens with zero attached hydrogens (tertiary/aromatic N) is 2. The van der Waals surface area contributed by atoms with Crippen molar-refractivity contribution in [3.05, 3.63) is 36.5 Å². The largest absolute Gasteiger partial charge is 0.508 e. The molecule has 0 fully saturated rings. The molecule has 1 rings (SSSR count). The van der Waals surface area contributed by atoms with E-state index in [1.54, 1.807) is 22.8 Å². The van der Waals surface area contributed by atoms with Crippen LogP contribution in [-0.2, 0) is 0 Å². The third kappa shape index (κ3) is 3.14. The van der Waals surface area contributed by atoms with Crippen LogP contribution in [0, 0.1) is 0 Å². The van der Waals surface area contributed by atoms with Gasteiger partial charge in [-0.1, -0.05) is 12.6 Å². The van der Waals surface area contributed by atoms with Gasteiger partial charge in [0.15, 0.2) is 6.54 Å². The molecule has 0 unspecified atom stereocenters. The van der Waals surface area contributed by atoms with Crippen molar-refractivity contribution < 1.29 is 9.68 Å². The van der Waals surface area contributed by atoms with E-state index in [2.05, 4.69) is 25.0 Å². The summed E-state index contributed by atoms with van der Waals surface area (Å²) in [5, 5.41) is 9.24. The first-order chi connectivity index (χ1) is 6.63. The number of hydrogen-bond donors (Lipinski definition) is 1. The van der Waals surface area contributed by atoms with Gasteiger partial charge in [0.2, 0.25) is 5.69 Å². The monoisotopic (exact) mass is 432 g/mol. The Bertz CT molecular complexity index is 388. The zero-order valence-electron chi connectivity index (χ0n) is 8.33. The Morgan fingerprint density at radius 3 is 2.67 bits per heavy atom. The van der Waals surface area contributed by atoms with Crippen LogP contribution in [-0.4, -0.2) is 29.7 Å². The van der Waals surface area contributed by atoms with Gasteiger partial charge >= 0.3 is 0 Å². The Balaban J connectivity index is 0.00000196. The summed E-state index contributed by atoms with van der Waals surface area (Å²) in [4.78, 5) is 3.69. The summed E-state index contributed by atoms with van der Waals surface area (Å²) in [6.07, 6.45) is 0. The van der Waals surface area contributed by atoms with Crippen molar-refractivity contribution in [1.29, 1.82) is 0 Å². The molecule has 0 atom stereocenters. The van der Waals surface area contributed by atoms with Crippen LogP contribution < -0.4 is 0 Å². The normalized spacial score (nSPS) is 8.80. The minimum Gasteiger partial charge on any atom is -0.508 e. The van der Waals surface area contributed by atoms with E-state index in [0.717, 1.165) is 5.69 Å². The predicted octanol–water partition coefficient (Wildman–Crippen LogP) is 1.95. The van der Waals surface area contributed by atoms with Crippen molar-refractivity contribution in [3.63, 3.8) is 0 Å². The molecule has 0 amide bonds. The fraction of sp³-hybridized carbons (Fsp3) is 0.0909. The van der Waals surface area contributed by atoms with Crippen molar-refractivity contribution in [1.82, 2.24) is 0 Å². The molecule has 0 aliphatic heterocycles. The second kappa shape index (κ2) is 4.97.